The van der Waals surface area contributed by atoms with E-state index in [1.807, 2.05) is 11.8 Å². The van der Waals surface area contributed by atoms with E-state index in [4.69, 9.17) is 9.84 Å². The summed E-state index contributed by atoms with van der Waals surface area (Å²) in [5.74, 6) is -0.507. The second-order valence-corrected chi connectivity index (χ2v) is 4.84. The molecule has 20 heavy (non-hydrogen) atoms. The maximum atomic E-state index is 12.8. The molecule has 2 atom stereocenters. The van der Waals surface area contributed by atoms with Crippen molar-refractivity contribution in [1.82, 2.24) is 9.88 Å². The van der Waals surface area contributed by atoms with Gasteiger partial charge in [-0.05, 0) is 12.1 Å². The van der Waals surface area contributed by atoms with Crippen molar-refractivity contribution in [1.29, 1.82) is 0 Å². The molecule has 114 valence electrons. The summed E-state index contributed by atoms with van der Waals surface area (Å²) in [5.41, 5.74) is 0.453. The molecule has 1 aromatic rings. The Morgan fingerprint density at radius 1 is 1.40 bits per heavy atom. The van der Waals surface area contributed by atoms with Crippen molar-refractivity contribution in [3.8, 4) is 0 Å². The Hall–Kier alpha value is -1.08. The van der Waals surface area contributed by atoms with Crippen LogP contribution < -0.4 is 0 Å². The molecule has 1 aromatic heterocycles. The predicted molar refractivity (Wildman–Crippen MR) is 73.7 cm³/mol. The van der Waals surface area contributed by atoms with Gasteiger partial charge in [-0.1, -0.05) is 6.92 Å². The van der Waals surface area contributed by atoms with Gasteiger partial charge in [-0.2, -0.15) is 0 Å². The summed E-state index contributed by atoms with van der Waals surface area (Å²) in [5, 5.41) is 19.3. The summed E-state index contributed by atoms with van der Waals surface area (Å²) in [6.07, 6.45) is 0.334. The normalized spacial score (nSPS) is 14.5. The molecule has 0 bridgehead atoms. The number of pyridine rings is 1. The number of aliphatic hydroxyl groups is 2. The number of hydrogen-bond acceptors (Lipinski definition) is 5. The van der Waals surface area contributed by atoms with Crippen LogP contribution in [-0.2, 0) is 4.74 Å². The summed E-state index contributed by atoms with van der Waals surface area (Å²) < 4.78 is 17.8. The summed E-state index contributed by atoms with van der Waals surface area (Å²) >= 11 is 0. The van der Waals surface area contributed by atoms with E-state index in [0.29, 0.717) is 31.9 Å². The van der Waals surface area contributed by atoms with Crippen LogP contribution in [0.2, 0.25) is 0 Å². The fourth-order valence-corrected chi connectivity index (χ4v) is 2.02. The van der Waals surface area contributed by atoms with Crippen LogP contribution in [0, 0.1) is 11.7 Å². The van der Waals surface area contributed by atoms with Gasteiger partial charge in [0, 0.05) is 32.7 Å². The van der Waals surface area contributed by atoms with E-state index in [1.54, 1.807) is 7.11 Å². The zero-order valence-corrected chi connectivity index (χ0v) is 12.0. The number of rotatable bonds is 9. The lowest BCUT2D eigenvalue weighted by Crippen LogP contribution is -2.35. The van der Waals surface area contributed by atoms with Crippen molar-refractivity contribution in [2.24, 2.45) is 5.92 Å². The minimum absolute atomic E-state index is 0.0569. The number of aliphatic hydroxyl groups excluding tert-OH is 2. The van der Waals surface area contributed by atoms with E-state index in [0.717, 1.165) is 6.20 Å². The van der Waals surface area contributed by atoms with Crippen LogP contribution in [-0.4, -0.2) is 60.1 Å². The minimum atomic E-state index is -0.765. The van der Waals surface area contributed by atoms with Crippen LogP contribution in [0.1, 0.15) is 18.7 Å². The lowest BCUT2D eigenvalue weighted by Gasteiger charge is -2.27. The fraction of sp³-hybridized carbons (Fsp3) is 0.643. The summed E-state index contributed by atoms with van der Waals surface area (Å²) in [6.45, 7) is 4.33. The fourth-order valence-electron chi connectivity index (χ4n) is 2.02. The van der Waals surface area contributed by atoms with E-state index in [-0.39, 0.29) is 12.5 Å². The highest BCUT2D eigenvalue weighted by atomic mass is 19.1. The van der Waals surface area contributed by atoms with Crippen LogP contribution in [0.5, 0.6) is 0 Å². The van der Waals surface area contributed by atoms with Gasteiger partial charge in [0.1, 0.15) is 5.82 Å². The predicted octanol–water partition coefficient (Wildman–Crippen LogP) is 0.831. The number of ether oxygens (including phenoxy) is 1. The Morgan fingerprint density at radius 3 is 2.70 bits per heavy atom. The molecule has 0 aliphatic carbocycles. The Balaban J connectivity index is 2.57. The first-order valence-corrected chi connectivity index (χ1v) is 6.70. The Kier molecular flexibility index (Phi) is 7.61. The van der Waals surface area contributed by atoms with Crippen molar-refractivity contribution in [3.05, 3.63) is 29.8 Å². The van der Waals surface area contributed by atoms with Gasteiger partial charge in [-0.3, -0.25) is 9.88 Å². The zero-order valence-electron chi connectivity index (χ0n) is 12.0. The third kappa shape index (κ3) is 5.50. The van der Waals surface area contributed by atoms with Crippen LogP contribution in [0.15, 0.2) is 18.3 Å². The average Bonchev–Trinajstić information content (AvgIpc) is 2.45. The van der Waals surface area contributed by atoms with Gasteiger partial charge < -0.3 is 14.9 Å². The van der Waals surface area contributed by atoms with Gasteiger partial charge in [0.15, 0.2) is 0 Å². The molecule has 0 aliphatic heterocycles. The number of aromatic nitrogens is 1. The van der Waals surface area contributed by atoms with Gasteiger partial charge in [-0.25, -0.2) is 4.39 Å². The molecule has 6 heteroatoms. The zero-order chi connectivity index (χ0) is 15.0. The molecule has 1 rings (SSSR count). The third-order valence-corrected chi connectivity index (χ3v) is 3.17. The van der Waals surface area contributed by atoms with Gasteiger partial charge in [0.2, 0.25) is 0 Å². The quantitative estimate of drug-likeness (QED) is 0.704. The van der Waals surface area contributed by atoms with Crippen molar-refractivity contribution >= 4 is 0 Å². The molecule has 0 aromatic carbocycles. The van der Waals surface area contributed by atoms with Gasteiger partial charge >= 0.3 is 0 Å². The highest BCUT2D eigenvalue weighted by Crippen LogP contribution is 2.20. The molecule has 0 saturated heterocycles. The monoisotopic (exact) mass is 286 g/mol. The first-order valence-electron chi connectivity index (χ1n) is 6.70. The molecule has 5 nitrogen and oxygen atoms in total. The summed E-state index contributed by atoms with van der Waals surface area (Å²) in [6, 6.07) is 2.77. The van der Waals surface area contributed by atoms with Crippen molar-refractivity contribution in [2.45, 2.75) is 13.0 Å². The average molecular weight is 286 g/mol. The lowest BCUT2D eigenvalue weighted by atomic mass is 10.0. The maximum Gasteiger partial charge on any atom is 0.141 e. The van der Waals surface area contributed by atoms with E-state index >= 15 is 0 Å². The van der Waals surface area contributed by atoms with Crippen LogP contribution in [0.4, 0.5) is 4.39 Å². The highest BCUT2D eigenvalue weighted by Gasteiger charge is 2.20. The van der Waals surface area contributed by atoms with E-state index < -0.39 is 11.9 Å². The number of methoxy groups -OCH3 is 1. The molecule has 2 N–H and O–H groups in total. The molecule has 0 amide bonds. The van der Waals surface area contributed by atoms with E-state index in [9.17, 15) is 9.50 Å². The summed E-state index contributed by atoms with van der Waals surface area (Å²) in [4.78, 5) is 5.91. The molecule has 0 saturated carbocycles. The largest absolute Gasteiger partial charge is 0.395 e. The van der Waals surface area contributed by atoms with Crippen LogP contribution >= 0.6 is 0 Å². The van der Waals surface area contributed by atoms with E-state index in [1.165, 1.54) is 12.1 Å². The Labute approximate surface area is 119 Å². The Bertz CT molecular complexity index is 375. The smallest absolute Gasteiger partial charge is 0.141 e. The van der Waals surface area contributed by atoms with Crippen LogP contribution in [0.25, 0.3) is 0 Å². The summed E-state index contributed by atoms with van der Waals surface area (Å²) in [7, 11) is 1.62. The number of hydrogen-bond donors (Lipinski definition) is 2. The second-order valence-electron chi connectivity index (χ2n) is 4.84. The molecular formula is C14H23FN2O3. The molecule has 0 fully saturated rings. The Morgan fingerprint density at radius 2 is 2.15 bits per heavy atom. The van der Waals surface area contributed by atoms with Crippen molar-refractivity contribution in [3.63, 3.8) is 0 Å². The van der Waals surface area contributed by atoms with Crippen molar-refractivity contribution in [2.75, 3.05) is 40.0 Å². The minimum Gasteiger partial charge on any atom is -0.395 e. The van der Waals surface area contributed by atoms with Gasteiger partial charge in [-0.15, -0.1) is 0 Å². The number of nitrogens with zero attached hydrogens (tertiary/aromatic N) is 2. The standard InChI is InChI=1S/C14H23FN2O3/c1-11(10-17(5-7-18)6-8-20-2)14(19)13-4-3-12(15)9-16-13/h3-4,9,11,14,18-19H,5-8,10H2,1-2H3. The highest BCUT2D eigenvalue weighted by molar-refractivity contribution is 5.08. The molecule has 0 aliphatic rings. The first-order chi connectivity index (χ1) is 9.58. The lowest BCUT2D eigenvalue weighted by molar-refractivity contribution is 0.0662. The molecular weight excluding hydrogens is 263 g/mol. The molecule has 2 unspecified atom stereocenters. The number of halogens is 1. The molecule has 0 radical (unpaired) electrons. The van der Waals surface area contributed by atoms with Gasteiger partial charge in [0.05, 0.1) is 31.2 Å². The maximum absolute atomic E-state index is 12.8. The van der Waals surface area contributed by atoms with Crippen molar-refractivity contribution < 1.29 is 19.3 Å². The SMILES string of the molecule is COCCN(CCO)CC(C)C(O)c1ccc(F)cn1. The molecule has 0 spiro atoms. The first kappa shape index (κ1) is 17.0. The third-order valence-electron chi connectivity index (χ3n) is 3.17. The molecule has 1 heterocycles. The second kappa shape index (κ2) is 8.97. The van der Waals surface area contributed by atoms with Gasteiger partial charge in [0.25, 0.3) is 0 Å². The van der Waals surface area contributed by atoms with E-state index in [2.05, 4.69) is 4.98 Å². The topological polar surface area (TPSA) is 65.8 Å². The van der Waals surface area contributed by atoms with Crippen LogP contribution in [0.3, 0.4) is 0 Å².